The van der Waals surface area contributed by atoms with E-state index >= 15 is 0 Å². The number of nitrogens with two attached hydrogens (primary N) is 1. The van der Waals surface area contributed by atoms with Gasteiger partial charge in [-0.25, -0.2) is 5.84 Å². The maximum absolute atomic E-state index is 13.2. The van der Waals surface area contributed by atoms with Crippen molar-refractivity contribution >= 4 is 18.0 Å². The van der Waals surface area contributed by atoms with Crippen molar-refractivity contribution in [3.63, 3.8) is 0 Å². The Morgan fingerprint density at radius 3 is 1.89 bits per heavy atom. The fourth-order valence-corrected chi connectivity index (χ4v) is 4.60. The Hall–Kier alpha value is -1.35. The van der Waals surface area contributed by atoms with Crippen LogP contribution >= 0.6 is 0 Å². The molecule has 36 heavy (non-hydrogen) atoms. The zero-order valence-corrected chi connectivity index (χ0v) is 25.5. The molecule has 1 amide bonds. The lowest BCUT2D eigenvalue weighted by Crippen LogP contribution is -2.55. The van der Waals surface area contributed by atoms with Gasteiger partial charge in [0.15, 0.2) is 0 Å². The van der Waals surface area contributed by atoms with Gasteiger partial charge >= 0.3 is 0 Å². The fraction of sp³-hybridized carbons (Fsp3) is 0.893. The largest absolute Gasteiger partial charge is 0.388 e. The van der Waals surface area contributed by atoms with Crippen molar-refractivity contribution in [1.82, 2.24) is 5.01 Å². The average molecular weight is 519 g/mol. The molecule has 1 rings (SSSR count). The van der Waals surface area contributed by atoms with Crippen LogP contribution in [-0.2, 0) is 23.9 Å². The Labute approximate surface area is 221 Å². The summed E-state index contributed by atoms with van der Waals surface area (Å²) in [5, 5.41) is 11.5. The molecular weight excluding hydrogens is 460 g/mol. The number of amides is 1. The predicted molar refractivity (Wildman–Crippen MR) is 147 cm³/mol. The number of aliphatic hydroxyl groups is 1. The zero-order valence-electron chi connectivity index (χ0n) is 25.5. The van der Waals surface area contributed by atoms with Crippen LogP contribution < -0.4 is 5.84 Å². The lowest BCUT2D eigenvalue weighted by atomic mass is 9.74. The van der Waals surface area contributed by atoms with E-state index in [0.29, 0.717) is 19.3 Å². The van der Waals surface area contributed by atoms with Crippen LogP contribution in [0.1, 0.15) is 95.9 Å². The Kier molecular flexibility index (Phi) is 22.5. The van der Waals surface area contributed by atoms with E-state index in [1.807, 2.05) is 69.2 Å². The van der Waals surface area contributed by atoms with Crippen LogP contribution in [0.4, 0.5) is 0 Å². The van der Waals surface area contributed by atoms with Crippen LogP contribution in [0.5, 0.6) is 0 Å². The molecule has 0 saturated carbocycles. The molecule has 3 N–H and O–H groups in total. The topological polar surface area (TPSA) is 119 Å². The molecule has 1 aliphatic heterocycles. The summed E-state index contributed by atoms with van der Waals surface area (Å²) < 4.78 is 11.4. The summed E-state index contributed by atoms with van der Waals surface area (Å²) in [6.45, 7) is 23.2. The van der Waals surface area contributed by atoms with Gasteiger partial charge in [0.2, 0.25) is 6.41 Å². The number of ketones is 2. The molecule has 0 aromatic carbocycles. The third-order valence-corrected chi connectivity index (χ3v) is 6.86. The van der Waals surface area contributed by atoms with Crippen LogP contribution in [-0.4, -0.2) is 66.2 Å². The van der Waals surface area contributed by atoms with Crippen LogP contribution in [0, 0.1) is 29.6 Å². The smallest absolute Gasteiger partial charge is 0.224 e. The lowest BCUT2D eigenvalue weighted by Gasteiger charge is -2.39. The average Bonchev–Trinajstić information content (AvgIpc) is 2.90. The Morgan fingerprint density at radius 2 is 1.44 bits per heavy atom. The molecular formula is C28H58N2O6. The first kappa shape index (κ1) is 39.2. The standard InChI is InChI=1S/C22H40N2O6.3C2H6/c1-13-8-16(4)22(6,29-7)9-14(2)21(28)17(5)19(24(23)12-25)18(26)11-30-10-15(3)20(13)27;3*1-2/h12-19,26H,8-11,23H2,1-7H3;3*1-2H3/t13-,14-,15?,16-,17?,18?,19?,22-;;;/m1.../s1. The van der Waals surface area contributed by atoms with Gasteiger partial charge in [0.05, 0.1) is 31.0 Å². The van der Waals surface area contributed by atoms with Gasteiger partial charge in [0, 0.05) is 30.8 Å². The first-order valence-corrected chi connectivity index (χ1v) is 13.8. The van der Waals surface area contributed by atoms with Crippen LogP contribution in [0.2, 0.25) is 0 Å². The van der Waals surface area contributed by atoms with Gasteiger partial charge in [-0.1, -0.05) is 76.2 Å². The molecule has 0 aliphatic carbocycles. The highest BCUT2D eigenvalue weighted by Gasteiger charge is 2.41. The zero-order chi connectivity index (χ0) is 29.2. The van der Waals surface area contributed by atoms with Crippen molar-refractivity contribution in [3.8, 4) is 0 Å². The van der Waals surface area contributed by atoms with E-state index in [9.17, 15) is 19.5 Å². The SMILES string of the molecule is CC.CC.CC.CO[C@]1(C)C[C@@H](C)C(=O)C(C)C(N(N)C=O)C(O)COCC(C)C(=O)[C@H](C)C[C@H]1C. The minimum Gasteiger partial charge on any atom is -0.388 e. The summed E-state index contributed by atoms with van der Waals surface area (Å²) in [7, 11) is 1.62. The molecule has 0 bridgehead atoms. The van der Waals surface area contributed by atoms with Crippen molar-refractivity contribution in [1.29, 1.82) is 0 Å². The van der Waals surface area contributed by atoms with Crippen molar-refractivity contribution in [2.45, 2.75) is 114 Å². The number of aliphatic hydroxyl groups excluding tert-OH is 1. The van der Waals surface area contributed by atoms with Crippen molar-refractivity contribution in [3.05, 3.63) is 0 Å². The normalized spacial score (nSPS) is 34.1. The number of carbonyl (C=O) groups excluding carboxylic acids is 3. The number of Topliss-reactive ketones (excluding diaryl/α,β-unsaturated/α-hetero) is 2. The van der Waals surface area contributed by atoms with E-state index < -0.39 is 29.6 Å². The molecule has 1 heterocycles. The Balaban J connectivity index is -0.00000168. The number of carbonyl (C=O) groups is 3. The molecule has 1 aliphatic rings. The molecule has 8 heteroatoms. The highest BCUT2D eigenvalue weighted by molar-refractivity contribution is 5.84. The third-order valence-electron chi connectivity index (χ3n) is 6.86. The molecule has 1 fully saturated rings. The minimum absolute atomic E-state index is 0.0348. The second kappa shape index (κ2) is 20.7. The summed E-state index contributed by atoms with van der Waals surface area (Å²) >= 11 is 0. The van der Waals surface area contributed by atoms with E-state index in [2.05, 4.69) is 0 Å². The van der Waals surface area contributed by atoms with E-state index in [1.165, 1.54) is 0 Å². The molecule has 1 saturated heterocycles. The number of hydrogen-bond acceptors (Lipinski definition) is 7. The Morgan fingerprint density at radius 1 is 0.944 bits per heavy atom. The van der Waals surface area contributed by atoms with Crippen molar-refractivity contribution in [2.75, 3.05) is 20.3 Å². The van der Waals surface area contributed by atoms with Crippen molar-refractivity contribution in [2.24, 2.45) is 35.4 Å². The van der Waals surface area contributed by atoms with Crippen LogP contribution in [0.15, 0.2) is 0 Å². The third kappa shape index (κ3) is 11.8. The molecule has 4 unspecified atom stereocenters. The fourth-order valence-electron chi connectivity index (χ4n) is 4.60. The van der Waals surface area contributed by atoms with E-state index in [0.717, 1.165) is 5.01 Å². The first-order chi connectivity index (χ1) is 16.9. The molecule has 0 radical (unpaired) electrons. The van der Waals surface area contributed by atoms with Crippen LogP contribution in [0.3, 0.4) is 0 Å². The molecule has 0 aromatic rings. The number of hydrazine groups is 1. The monoisotopic (exact) mass is 518 g/mol. The maximum Gasteiger partial charge on any atom is 0.224 e. The molecule has 216 valence electrons. The molecule has 0 spiro atoms. The second-order valence-corrected chi connectivity index (χ2v) is 9.30. The van der Waals surface area contributed by atoms with E-state index in [4.69, 9.17) is 15.3 Å². The number of hydrogen-bond donors (Lipinski definition) is 2. The summed E-state index contributed by atoms with van der Waals surface area (Å²) in [5.74, 6) is 4.18. The summed E-state index contributed by atoms with van der Waals surface area (Å²) in [6, 6.07) is -0.932. The quantitative estimate of drug-likeness (QED) is 0.241. The Bertz CT molecular complexity index is 603. The van der Waals surface area contributed by atoms with Gasteiger partial charge in [-0.15, -0.1) is 0 Å². The van der Waals surface area contributed by atoms with Crippen LogP contribution in [0.25, 0.3) is 0 Å². The van der Waals surface area contributed by atoms with Gasteiger partial charge in [0.1, 0.15) is 11.6 Å². The van der Waals surface area contributed by atoms with Crippen molar-refractivity contribution < 1.29 is 29.0 Å². The molecule has 8 nitrogen and oxygen atoms in total. The second-order valence-electron chi connectivity index (χ2n) is 9.30. The van der Waals surface area contributed by atoms with E-state index in [-0.39, 0.29) is 42.5 Å². The van der Waals surface area contributed by atoms with Gasteiger partial charge in [-0.2, -0.15) is 0 Å². The number of rotatable bonds is 3. The number of ether oxygens (including phenoxy) is 2. The summed E-state index contributed by atoms with van der Waals surface area (Å²) in [4.78, 5) is 37.3. The predicted octanol–water partition coefficient (Wildman–Crippen LogP) is 4.66. The summed E-state index contributed by atoms with van der Waals surface area (Å²) in [5.41, 5.74) is -0.607. The number of methoxy groups -OCH3 is 1. The van der Waals surface area contributed by atoms with Gasteiger partial charge in [0.25, 0.3) is 0 Å². The molecule has 0 aromatic heterocycles. The lowest BCUT2D eigenvalue weighted by molar-refractivity contribution is -0.138. The minimum atomic E-state index is -1.16. The summed E-state index contributed by atoms with van der Waals surface area (Å²) in [6.07, 6.45) is 0.321. The highest BCUT2D eigenvalue weighted by atomic mass is 16.5. The van der Waals surface area contributed by atoms with Gasteiger partial charge in [-0.3, -0.25) is 19.4 Å². The first-order valence-electron chi connectivity index (χ1n) is 13.8. The maximum atomic E-state index is 13.2. The number of nitrogens with zero attached hydrogens (tertiary/aromatic N) is 1. The van der Waals surface area contributed by atoms with Gasteiger partial charge < -0.3 is 14.6 Å². The molecule has 8 atom stereocenters. The van der Waals surface area contributed by atoms with Gasteiger partial charge in [-0.05, 0) is 25.7 Å². The van der Waals surface area contributed by atoms with E-state index in [1.54, 1.807) is 21.0 Å². The highest BCUT2D eigenvalue weighted by Crippen LogP contribution is 2.35.